The van der Waals surface area contributed by atoms with E-state index in [0.717, 1.165) is 5.69 Å². The van der Waals surface area contributed by atoms with Crippen molar-refractivity contribution >= 4 is 5.69 Å². The maximum Gasteiger partial charge on any atom is 0.143 e. The van der Waals surface area contributed by atoms with Crippen molar-refractivity contribution in [1.82, 2.24) is 0 Å². The number of para-hydroxylation sites is 1. The molecule has 1 N–H and O–H groups in total. The average Bonchev–Trinajstić information content (AvgIpc) is 2.46. The number of rotatable bonds is 4. The zero-order valence-electron chi connectivity index (χ0n) is 11.1. The molecule has 2 aromatic carbocycles. The summed E-state index contributed by atoms with van der Waals surface area (Å²) in [6, 6.07) is 15.8. The molecule has 0 aliphatic rings. The van der Waals surface area contributed by atoms with E-state index in [4.69, 9.17) is 10.00 Å². The fourth-order valence-corrected chi connectivity index (χ4v) is 1.97. The average molecular weight is 252 g/mol. The second-order valence-corrected chi connectivity index (χ2v) is 4.27. The molecule has 3 nitrogen and oxygen atoms in total. The van der Waals surface area contributed by atoms with Crippen molar-refractivity contribution in [3.05, 3.63) is 59.2 Å². The van der Waals surface area contributed by atoms with E-state index < -0.39 is 0 Å². The van der Waals surface area contributed by atoms with Crippen LogP contribution in [0.3, 0.4) is 0 Å². The number of benzene rings is 2. The summed E-state index contributed by atoms with van der Waals surface area (Å²) in [5.74, 6) is 0.688. The standard InChI is InChI=1S/C16H16N2O/c1-12-6-3-4-7-14(12)11-18-16-13(10-17)8-5-9-15(16)19-2/h3-9,18H,11H2,1-2H3. The van der Waals surface area contributed by atoms with E-state index in [0.29, 0.717) is 17.9 Å². The minimum Gasteiger partial charge on any atom is -0.495 e. The van der Waals surface area contributed by atoms with Crippen molar-refractivity contribution in [2.75, 3.05) is 12.4 Å². The summed E-state index contributed by atoms with van der Waals surface area (Å²) in [5.41, 5.74) is 3.77. The van der Waals surface area contributed by atoms with Crippen LogP contribution in [0.5, 0.6) is 5.75 Å². The largest absolute Gasteiger partial charge is 0.495 e. The Balaban J connectivity index is 2.25. The third-order valence-electron chi connectivity index (χ3n) is 3.08. The van der Waals surface area contributed by atoms with Gasteiger partial charge in [-0.25, -0.2) is 0 Å². The van der Waals surface area contributed by atoms with E-state index >= 15 is 0 Å². The summed E-state index contributed by atoms with van der Waals surface area (Å²) in [6.07, 6.45) is 0. The van der Waals surface area contributed by atoms with Crippen molar-refractivity contribution in [1.29, 1.82) is 5.26 Å². The minimum atomic E-state index is 0.591. The molecule has 2 aromatic rings. The summed E-state index contributed by atoms with van der Waals surface area (Å²) in [4.78, 5) is 0. The number of methoxy groups -OCH3 is 1. The van der Waals surface area contributed by atoms with Gasteiger partial charge in [-0.2, -0.15) is 5.26 Å². The van der Waals surface area contributed by atoms with Crippen LogP contribution in [0.2, 0.25) is 0 Å². The Kier molecular flexibility index (Phi) is 4.04. The molecule has 0 saturated carbocycles. The molecule has 0 bridgehead atoms. The topological polar surface area (TPSA) is 45.0 Å². The fourth-order valence-electron chi connectivity index (χ4n) is 1.97. The third kappa shape index (κ3) is 2.86. The van der Waals surface area contributed by atoms with Crippen molar-refractivity contribution in [2.24, 2.45) is 0 Å². The number of ether oxygens (including phenoxy) is 1. The molecule has 0 fully saturated rings. The Morgan fingerprint density at radius 2 is 1.95 bits per heavy atom. The first-order valence-electron chi connectivity index (χ1n) is 6.11. The van der Waals surface area contributed by atoms with Gasteiger partial charge in [0.2, 0.25) is 0 Å². The van der Waals surface area contributed by atoms with Crippen LogP contribution in [0, 0.1) is 18.3 Å². The van der Waals surface area contributed by atoms with E-state index in [2.05, 4.69) is 30.4 Å². The Hall–Kier alpha value is -2.47. The fraction of sp³-hybridized carbons (Fsp3) is 0.188. The highest BCUT2D eigenvalue weighted by Gasteiger charge is 2.08. The highest BCUT2D eigenvalue weighted by Crippen LogP contribution is 2.28. The Morgan fingerprint density at radius 3 is 2.63 bits per heavy atom. The lowest BCUT2D eigenvalue weighted by molar-refractivity contribution is 0.416. The molecule has 0 unspecified atom stereocenters. The van der Waals surface area contributed by atoms with Gasteiger partial charge in [0.25, 0.3) is 0 Å². The van der Waals surface area contributed by atoms with Crippen molar-refractivity contribution in [2.45, 2.75) is 13.5 Å². The molecule has 3 heteroatoms. The first-order chi connectivity index (χ1) is 9.26. The van der Waals surface area contributed by atoms with Crippen LogP contribution in [0.4, 0.5) is 5.69 Å². The zero-order chi connectivity index (χ0) is 13.7. The van der Waals surface area contributed by atoms with Crippen molar-refractivity contribution in [3.8, 4) is 11.8 Å². The van der Waals surface area contributed by atoms with Gasteiger partial charge in [0.1, 0.15) is 11.8 Å². The second kappa shape index (κ2) is 5.92. The summed E-state index contributed by atoms with van der Waals surface area (Å²) in [6.45, 7) is 2.74. The van der Waals surface area contributed by atoms with E-state index in [-0.39, 0.29) is 0 Å². The van der Waals surface area contributed by atoms with Gasteiger partial charge in [0.05, 0.1) is 18.4 Å². The predicted octanol–water partition coefficient (Wildman–Crippen LogP) is 3.49. The van der Waals surface area contributed by atoms with Crippen LogP contribution in [-0.4, -0.2) is 7.11 Å². The molecule has 96 valence electrons. The van der Waals surface area contributed by atoms with Crippen LogP contribution in [0.25, 0.3) is 0 Å². The Morgan fingerprint density at radius 1 is 1.16 bits per heavy atom. The Labute approximate surface area is 113 Å². The summed E-state index contributed by atoms with van der Waals surface area (Å²) in [7, 11) is 1.61. The smallest absolute Gasteiger partial charge is 0.143 e. The highest BCUT2D eigenvalue weighted by molar-refractivity contribution is 5.66. The third-order valence-corrected chi connectivity index (χ3v) is 3.08. The van der Waals surface area contributed by atoms with Crippen molar-refractivity contribution < 1.29 is 4.74 Å². The number of hydrogen-bond acceptors (Lipinski definition) is 3. The van der Waals surface area contributed by atoms with Gasteiger partial charge in [0, 0.05) is 6.54 Å². The van der Waals surface area contributed by atoms with Gasteiger partial charge in [-0.1, -0.05) is 30.3 Å². The second-order valence-electron chi connectivity index (χ2n) is 4.27. The van der Waals surface area contributed by atoms with Crippen LogP contribution >= 0.6 is 0 Å². The number of hydrogen-bond donors (Lipinski definition) is 1. The summed E-state index contributed by atoms with van der Waals surface area (Å²) < 4.78 is 5.29. The SMILES string of the molecule is COc1cccc(C#N)c1NCc1ccccc1C. The number of nitrogens with one attached hydrogen (secondary N) is 1. The van der Waals surface area contributed by atoms with Crippen LogP contribution < -0.4 is 10.1 Å². The molecule has 0 saturated heterocycles. The molecule has 0 atom stereocenters. The molecule has 0 radical (unpaired) electrons. The van der Waals surface area contributed by atoms with E-state index in [1.54, 1.807) is 13.2 Å². The lowest BCUT2D eigenvalue weighted by Crippen LogP contribution is -2.04. The summed E-state index contributed by atoms with van der Waals surface area (Å²) in [5, 5.41) is 12.4. The molecule has 0 amide bonds. The quantitative estimate of drug-likeness (QED) is 0.906. The Bertz CT molecular complexity index is 614. The van der Waals surface area contributed by atoms with Gasteiger partial charge in [-0.3, -0.25) is 0 Å². The molecular weight excluding hydrogens is 236 g/mol. The van der Waals surface area contributed by atoms with E-state index in [1.807, 2.05) is 24.3 Å². The molecule has 0 aliphatic heterocycles. The van der Waals surface area contributed by atoms with Crippen LogP contribution in [0.1, 0.15) is 16.7 Å². The van der Waals surface area contributed by atoms with Gasteiger partial charge in [-0.15, -0.1) is 0 Å². The number of aryl methyl sites for hydroxylation is 1. The van der Waals surface area contributed by atoms with Crippen molar-refractivity contribution in [3.63, 3.8) is 0 Å². The number of anilines is 1. The molecule has 0 aromatic heterocycles. The van der Waals surface area contributed by atoms with Gasteiger partial charge in [0.15, 0.2) is 0 Å². The highest BCUT2D eigenvalue weighted by atomic mass is 16.5. The lowest BCUT2D eigenvalue weighted by Gasteiger charge is -2.13. The first kappa shape index (κ1) is 13.0. The summed E-state index contributed by atoms with van der Waals surface area (Å²) >= 11 is 0. The van der Waals surface area contributed by atoms with Gasteiger partial charge < -0.3 is 10.1 Å². The van der Waals surface area contributed by atoms with Gasteiger partial charge >= 0.3 is 0 Å². The first-order valence-corrected chi connectivity index (χ1v) is 6.11. The molecule has 0 heterocycles. The molecule has 2 rings (SSSR count). The normalized spacial score (nSPS) is 9.74. The monoisotopic (exact) mass is 252 g/mol. The number of nitriles is 1. The zero-order valence-corrected chi connectivity index (χ0v) is 11.1. The maximum atomic E-state index is 9.14. The molecule has 0 aliphatic carbocycles. The lowest BCUT2D eigenvalue weighted by atomic mass is 10.1. The van der Waals surface area contributed by atoms with Crippen LogP contribution in [0.15, 0.2) is 42.5 Å². The maximum absolute atomic E-state index is 9.14. The molecular formula is C16H16N2O. The van der Waals surface area contributed by atoms with E-state index in [9.17, 15) is 0 Å². The van der Waals surface area contributed by atoms with Crippen LogP contribution in [-0.2, 0) is 6.54 Å². The molecule has 0 spiro atoms. The van der Waals surface area contributed by atoms with E-state index in [1.165, 1.54) is 11.1 Å². The molecule has 19 heavy (non-hydrogen) atoms. The van der Waals surface area contributed by atoms with Gasteiger partial charge in [-0.05, 0) is 30.2 Å². The number of nitrogens with zero attached hydrogens (tertiary/aromatic N) is 1. The minimum absolute atomic E-state index is 0.591. The predicted molar refractivity (Wildman–Crippen MR) is 76.2 cm³/mol.